The summed E-state index contributed by atoms with van der Waals surface area (Å²) in [5, 5.41) is 0.491. The first-order valence-corrected chi connectivity index (χ1v) is 11.4. The molecule has 9 heteroatoms. The number of rotatable bonds is 4. The third-order valence-electron chi connectivity index (χ3n) is 5.18. The van der Waals surface area contributed by atoms with Gasteiger partial charge in [-0.25, -0.2) is 8.42 Å². The fourth-order valence-corrected chi connectivity index (χ4v) is 5.44. The summed E-state index contributed by atoms with van der Waals surface area (Å²) in [6, 6.07) is 9.44. The van der Waals surface area contributed by atoms with Crippen molar-refractivity contribution in [1.29, 1.82) is 0 Å². The highest BCUT2D eigenvalue weighted by Gasteiger charge is 2.33. The van der Waals surface area contributed by atoms with Crippen molar-refractivity contribution in [2.24, 2.45) is 5.92 Å². The van der Waals surface area contributed by atoms with E-state index in [1.165, 1.54) is 22.5 Å². The van der Waals surface area contributed by atoms with Crippen molar-refractivity contribution in [3.8, 4) is 11.5 Å². The predicted octanol–water partition coefficient (Wildman–Crippen LogP) is 4.05. The third-order valence-corrected chi connectivity index (χ3v) is 7.81. The van der Waals surface area contributed by atoms with Crippen LogP contribution in [0, 0.1) is 5.92 Å². The molecule has 0 N–H and O–H groups in total. The summed E-state index contributed by atoms with van der Waals surface area (Å²) >= 11 is 11.8. The Morgan fingerprint density at radius 1 is 0.931 bits per heavy atom. The molecule has 1 fully saturated rings. The van der Waals surface area contributed by atoms with Crippen molar-refractivity contribution in [1.82, 2.24) is 4.31 Å². The van der Waals surface area contributed by atoms with E-state index >= 15 is 0 Å². The largest absolute Gasteiger partial charge is 0.486 e. The Morgan fingerprint density at radius 3 is 2.31 bits per heavy atom. The molecule has 0 saturated carbocycles. The molecule has 0 aromatic heterocycles. The van der Waals surface area contributed by atoms with Gasteiger partial charge in [0.1, 0.15) is 13.2 Å². The minimum Gasteiger partial charge on any atom is -0.486 e. The molecule has 4 rings (SSSR count). The minimum atomic E-state index is -3.68. The molecule has 0 bridgehead atoms. The lowest BCUT2D eigenvalue weighted by Crippen LogP contribution is -2.40. The molecule has 0 atom stereocenters. The van der Waals surface area contributed by atoms with Crippen LogP contribution >= 0.6 is 23.2 Å². The van der Waals surface area contributed by atoms with E-state index in [9.17, 15) is 13.2 Å². The number of sulfonamides is 1. The summed E-state index contributed by atoms with van der Waals surface area (Å²) < 4.78 is 38.2. The van der Waals surface area contributed by atoms with Gasteiger partial charge in [-0.3, -0.25) is 4.79 Å². The molecule has 2 aromatic rings. The van der Waals surface area contributed by atoms with Crippen molar-refractivity contribution in [2.75, 3.05) is 26.3 Å². The summed E-state index contributed by atoms with van der Waals surface area (Å²) in [7, 11) is -3.68. The summed E-state index contributed by atoms with van der Waals surface area (Å²) in [5.74, 6) is 0.962. The van der Waals surface area contributed by atoms with Crippen LogP contribution in [0.5, 0.6) is 11.5 Å². The second-order valence-corrected chi connectivity index (χ2v) is 9.73. The standard InChI is InChI=1S/C20H19Cl2NO5S/c21-16-3-2-15(12-17(16)22)29(25,26)23-7-5-13(6-8-23)20(24)14-1-4-18-19(11-14)28-10-9-27-18/h1-4,11-13H,5-10H2. The number of hydrogen-bond acceptors (Lipinski definition) is 5. The first-order chi connectivity index (χ1) is 13.9. The van der Waals surface area contributed by atoms with E-state index in [1.54, 1.807) is 18.2 Å². The zero-order chi connectivity index (χ0) is 20.6. The van der Waals surface area contributed by atoms with Gasteiger partial charge in [-0.15, -0.1) is 0 Å². The number of carbonyl (C=O) groups is 1. The number of hydrogen-bond donors (Lipinski definition) is 0. The SMILES string of the molecule is O=C(c1ccc2c(c1)OCCO2)C1CCN(S(=O)(=O)c2ccc(Cl)c(Cl)c2)CC1. The normalized spacial score (nSPS) is 17.9. The molecule has 2 aliphatic heterocycles. The molecule has 1 saturated heterocycles. The summed E-state index contributed by atoms with van der Waals surface area (Å²) in [6.07, 6.45) is 0.904. The predicted molar refractivity (Wildman–Crippen MR) is 110 cm³/mol. The Labute approximate surface area is 179 Å². The van der Waals surface area contributed by atoms with Gasteiger partial charge in [0.05, 0.1) is 14.9 Å². The molecule has 0 radical (unpaired) electrons. The lowest BCUT2D eigenvalue weighted by molar-refractivity contribution is 0.0874. The van der Waals surface area contributed by atoms with Crippen LogP contribution in [0.1, 0.15) is 23.2 Å². The molecular formula is C20H19Cl2NO5S. The van der Waals surface area contributed by atoms with E-state index in [1.807, 2.05) is 0 Å². The Kier molecular flexibility index (Phi) is 5.75. The van der Waals surface area contributed by atoms with Gasteiger partial charge in [0.25, 0.3) is 0 Å². The van der Waals surface area contributed by atoms with Crippen LogP contribution in [0.15, 0.2) is 41.3 Å². The lowest BCUT2D eigenvalue weighted by atomic mass is 9.89. The van der Waals surface area contributed by atoms with E-state index in [4.69, 9.17) is 32.7 Å². The number of benzene rings is 2. The maximum Gasteiger partial charge on any atom is 0.243 e. The molecule has 29 heavy (non-hydrogen) atoms. The number of nitrogens with zero attached hydrogens (tertiary/aromatic N) is 1. The fourth-order valence-electron chi connectivity index (χ4n) is 3.58. The molecular weight excluding hydrogens is 437 g/mol. The summed E-state index contributed by atoms with van der Waals surface area (Å²) in [4.78, 5) is 13.0. The number of carbonyl (C=O) groups excluding carboxylic acids is 1. The second kappa shape index (κ2) is 8.14. The van der Waals surface area contributed by atoms with Gasteiger partial charge in [-0.05, 0) is 49.2 Å². The Bertz CT molecular complexity index is 1050. The second-order valence-electron chi connectivity index (χ2n) is 6.98. The smallest absolute Gasteiger partial charge is 0.243 e. The summed E-state index contributed by atoms with van der Waals surface area (Å²) in [6.45, 7) is 1.48. The lowest BCUT2D eigenvalue weighted by Gasteiger charge is -2.30. The van der Waals surface area contributed by atoms with Gasteiger partial charge in [0.15, 0.2) is 17.3 Å². The number of fused-ring (bicyclic) bond motifs is 1. The molecule has 0 aliphatic carbocycles. The topological polar surface area (TPSA) is 72.9 Å². The molecule has 2 aliphatic rings. The van der Waals surface area contributed by atoms with E-state index in [2.05, 4.69) is 0 Å². The Morgan fingerprint density at radius 2 is 1.62 bits per heavy atom. The van der Waals surface area contributed by atoms with E-state index < -0.39 is 10.0 Å². The molecule has 0 unspecified atom stereocenters. The monoisotopic (exact) mass is 455 g/mol. The number of ether oxygens (including phenoxy) is 2. The van der Waals surface area contributed by atoms with Gasteiger partial charge in [0.2, 0.25) is 10.0 Å². The van der Waals surface area contributed by atoms with E-state index in [0.29, 0.717) is 48.1 Å². The highest BCUT2D eigenvalue weighted by Crippen LogP contribution is 2.33. The molecule has 0 spiro atoms. The average Bonchev–Trinajstić information content (AvgIpc) is 2.74. The van der Waals surface area contributed by atoms with Crippen LogP contribution in [0.25, 0.3) is 0 Å². The molecule has 2 aromatic carbocycles. The first-order valence-electron chi connectivity index (χ1n) is 9.25. The van der Waals surface area contributed by atoms with Crippen LogP contribution < -0.4 is 9.47 Å². The Balaban J connectivity index is 1.45. The zero-order valence-electron chi connectivity index (χ0n) is 15.4. The maximum atomic E-state index is 12.9. The number of Topliss-reactive ketones (excluding diaryl/α,β-unsaturated/α-hetero) is 1. The maximum absolute atomic E-state index is 12.9. The molecule has 6 nitrogen and oxygen atoms in total. The van der Waals surface area contributed by atoms with Crippen LogP contribution in [-0.4, -0.2) is 44.8 Å². The van der Waals surface area contributed by atoms with Crippen LogP contribution in [0.2, 0.25) is 10.0 Å². The van der Waals surface area contributed by atoms with Crippen LogP contribution in [0.3, 0.4) is 0 Å². The van der Waals surface area contributed by atoms with Crippen molar-refractivity contribution in [2.45, 2.75) is 17.7 Å². The number of piperidine rings is 1. The highest BCUT2D eigenvalue weighted by molar-refractivity contribution is 7.89. The highest BCUT2D eigenvalue weighted by atomic mass is 35.5. The molecule has 2 heterocycles. The fraction of sp³-hybridized carbons (Fsp3) is 0.350. The van der Waals surface area contributed by atoms with Gasteiger partial charge in [-0.2, -0.15) is 4.31 Å². The van der Waals surface area contributed by atoms with E-state index in [-0.39, 0.29) is 34.7 Å². The first kappa shape index (κ1) is 20.5. The van der Waals surface area contributed by atoms with Crippen LogP contribution in [0.4, 0.5) is 0 Å². The Hall–Kier alpha value is -1.80. The third kappa shape index (κ3) is 4.10. The number of halogens is 2. The quantitative estimate of drug-likeness (QED) is 0.650. The van der Waals surface area contributed by atoms with Gasteiger partial charge >= 0.3 is 0 Å². The van der Waals surface area contributed by atoms with Crippen molar-refractivity contribution >= 4 is 39.0 Å². The molecule has 154 valence electrons. The van der Waals surface area contributed by atoms with Crippen molar-refractivity contribution in [3.63, 3.8) is 0 Å². The number of ketones is 1. The van der Waals surface area contributed by atoms with Crippen molar-refractivity contribution < 1.29 is 22.7 Å². The van der Waals surface area contributed by atoms with Crippen molar-refractivity contribution in [3.05, 3.63) is 52.0 Å². The zero-order valence-corrected chi connectivity index (χ0v) is 17.8. The van der Waals surface area contributed by atoms with Gasteiger partial charge in [-0.1, -0.05) is 23.2 Å². The van der Waals surface area contributed by atoms with Crippen LogP contribution in [-0.2, 0) is 10.0 Å². The van der Waals surface area contributed by atoms with Gasteiger partial charge < -0.3 is 9.47 Å². The minimum absolute atomic E-state index is 0.00596. The van der Waals surface area contributed by atoms with E-state index in [0.717, 1.165) is 0 Å². The average molecular weight is 456 g/mol. The molecule has 0 amide bonds. The summed E-state index contributed by atoms with van der Waals surface area (Å²) in [5.41, 5.74) is 0.556. The van der Waals surface area contributed by atoms with Gasteiger partial charge in [0, 0.05) is 24.6 Å².